The van der Waals surface area contributed by atoms with Gasteiger partial charge in [-0.2, -0.15) is 5.10 Å². The van der Waals surface area contributed by atoms with Gasteiger partial charge in [0.15, 0.2) is 0 Å². The minimum absolute atomic E-state index is 0.158. The molecule has 0 bridgehead atoms. The molecule has 0 aliphatic carbocycles. The fourth-order valence-corrected chi connectivity index (χ4v) is 2.05. The van der Waals surface area contributed by atoms with Crippen LogP contribution in [0.15, 0.2) is 29.3 Å². The molecule has 0 aliphatic rings. The van der Waals surface area contributed by atoms with E-state index in [0.717, 1.165) is 11.3 Å². The molecular formula is C14H18N4O2. The lowest BCUT2D eigenvalue weighted by Crippen LogP contribution is -2.33. The fraction of sp³-hybridized carbons (Fsp3) is 0.357. The maximum atomic E-state index is 12.0. The van der Waals surface area contributed by atoms with Crippen LogP contribution in [0.3, 0.4) is 0 Å². The maximum absolute atomic E-state index is 12.0. The Kier molecular flexibility index (Phi) is 4.02. The summed E-state index contributed by atoms with van der Waals surface area (Å²) in [5, 5.41) is 6.80. The average molecular weight is 274 g/mol. The average Bonchev–Trinajstić information content (AvgIpc) is 2.90. The van der Waals surface area contributed by atoms with Crippen molar-refractivity contribution in [3.05, 3.63) is 51.7 Å². The molecule has 2 N–H and O–H groups in total. The van der Waals surface area contributed by atoms with Crippen LogP contribution in [-0.2, 0) is 11.3 Å². The number of aryl methyl sites for hydroxylation is 2. The lowest BCUT2D eigenvalue weighted by molar-refractivity contribution is -0.124. The highest BCUT2D eigenvalue weighted by Crippen LogP contribution is 2.06. The first-order valence-corrected chi connectivity index (χ1v) is 6.45. The normalized spacial score (nSPS) is 12.2. The lowest BCUT2D eigenvalue weighted by Gasteiger charge is -2.13. The molecule has 0 fully saturated rings. The van der Waals surface area contributed by atoms with Crippen LogP contribution in [0, 0.1) is 13.8 Å². The number of aromatic amines is 1. The number of nitrogens with one attached hydrogen (secondary N) is 2. The third-order valence-corrected chi connectivity index (χ3v) is 3.23. The van der Waals surface area contributed by atoms with E-state index in [2.05, 4.69) is 15.4 Å². The van der Waals surface area contributed by atoms with Crippen molar-refractivity contribution in [1.82, 2.24) is 20.1 Å². The number of H-pyrrole nitrogens is 1. The van der Waals surface area contributed by atoms with Crippen molar-refractivity contribution in [2.45, 2.75) is 33.4 Å². The SMILES string of the molecule is Cc1cc(C)c(CNC(=O)[C@H](C)n2cccn2)c(=O)[nH]1. The molecule has 20 heavy (non-hydrogen) atoms. The number of pyridine rings is 1. The molecule has 2 heterocycles. The van der Waals surface area contributed by atoms with Gasteiger partial charge in [0.05, 0.1) is 0 Å². The first-order valence-electron chi connectivity index (χ1n) is 6.45. The molecule has 2 aromatic rings. The lowest BCUT2D eigenvalue weighted by atomic mass is 10.1. The van der Waals surface area contributed by atoms with Crippen LogP contribution in [0.2, 0.25) is 0 Å². The van der Waals surface area contributed by atoms with Crippen LogP contribution in [0.5, 0.6) is 0 Å². The molecule has 0 aliphatic heterocycles. The molecule has 106 valence electrons. The Morgan fingerprint density at radius 1 is 1.50 bits per heavy atom. The first-order chi connectivity index (χ1) is 9.49. The van der Waals surface area contributed by atoms with Gasteiger partial charge < -0.3 is 10.3 Å². The largest absolute Gasteiger partial charge is 0.350 e. The second kappa shape index (κ2) is 5.73. The molecule has 0 unspecified atom stereocenters. The smallest absolute Gasteiger partial charge is 0.253 e. The molecule has 0 saturated heterocycles. The highest BCUT2D eigenvalue weighted by molar-refractivity contribution is 5.79. The van der Waals surface area contributed by atoms with E-state index in [1.54, 1.807) is 30.1 Å². The van der Waals surface area contributed by atoms with Gasteiger partial charge in [0.2, 0.25) is 5.91 Å². The van der Waals surface area contributed by atoms with E-state index in [4.69, 9.17) is 0 Å². The number of carbonyl (C=O) groups excluding carboxylic acids is 1. The standard InChI is InChI=1S/C14H18N4O2/c1-9-7-10(2)17-14(20)12(9)8-15-13(19)11(3)18-6-4-5-16-18/h4-7,11H,8H2,1-3H3,(H,15,19)(H,17,20)/t11-/m0/s1. The fourth-order valence-electron chi connectivity index (χ4n) is 2.05. The quantitative estimate of drug-likeness (QED) is 0.875. The third-order valence-electron chi connectivity index (χ3n) is 3.23. The molecule has 1 amide bonds. The molecule has 2 aromatic heterocycles. The minimum Gasteiger partial charge on any atom is -0.350 e. The number of carbonyl (C=O) groups is 1. The van der Waals surface area contributed by atoms with Crippen LogP contribution in [0.1, 0.15) is 29.8 Å². The second-order valence-corrected chi connectivity index (χ2v) is 4.82. The predicted octanol–water partition coefficient (Wildman–Crippen LogP) is 1.07. The zero-order valence-electron chi connectivity index (χ0n) is 11.8. The van der Waals surface area contributed by atoms with Gasteiger partial charge in [-0.25, -0.2) is 0 Å². The van der Waals surface area contributed by atoms with E-state index in [9.17, 15) is 9.59 Å². The van der Waals surface area contributed by atoms with E-state index in [-0.39, 0.29) is 18.0 Å². The Labute approximate surface area is 116 Å². The Morgan fingerprint density at radius 3 is 2.85 bits per heavy atom. The minimum atomic E-state index is -0.408. The molecule has 6 heteroatoms. The Morgan fingerprint density at radius 2 is 2.25 bits per heavy atom. The van der Waals surface area contributed by atoms with E-state index in [1.165, 1.54) is 0 Å². The highest BCUT2D eigenvalue weighted by atomic mass is 16.2. The summed E-state index contributed by atoms with van der Waals surface area (Å²) < 4.78 is 1.57. The summed E-state index contributed by atoms with van der Waals surface area (Å²) in [4.78, 5) is 26.6. The maximum Gasteiger partial charge on any atom is 0.253 e. The van der Waals surface area contributed by atoms with Crippen molar-refractivity contribution in [2.75, 3.05) is 0 Å². The van der Waals surface area contributed by atoms with Crippen LogP contribution >= 0.6 is 0 Å². The Bertz CT molecular complexity index is 658. The molecule has 1 atom stereocenters. The van der Waals surface area contributed by atoms with E-state index >= 15 is 0 Å². The highest BCUT2D eigenvalue weighted by Gasteiger charge is 2.15. The van der Waals surface area contributed by atoms with Crippen molar-refractivity contribution < 1.29 is 4.79 Å². The summed E-state index contributed by atoms with van der Waals surface area (Å²) in [6.07, 6.45) is 3.35. The van der Waals surface area contributed by atoms with Crippen molar-refractivity contribution in [1.29, 1.82) is 0 Å². The summed E-state index contributed by atoms with van der Waals surface area (Å²) in [5.41, 5.74) is 2.11. The zero-order valence-corrected chi connectivity index (χ0v) is 11.8. The van der Waals surface area contributed by atoms with Crippen LogP contribution in [-0.4, -0.2) is 20.7 Å². The van der Waals surface area contributed by atoms with Gasteiger partial charge in [0.1, 0.15) is 6.04 Å². The summed E-state index contributed by atoms with van der Waals surface area (Å²) in [6.45, 7) is 5.66. The van der Waals surface area contributed by atoms with Gasteiger partial charge in [-0.15, -0.1) is 0 Å². The molecule has 0 aromatic carbocycles. The molecule has 0 radical (unpaired) electrons. The predicted molar refractivity (Wildman–Crippen MR) is 75.3 cm³/mol. The van der Waals surface area contributed by atoms with Crippen molar-refractivity contribution in [2.24, 2.45) is 0 Å². The summed E-state index contributed by atoms with van der Waals surface area (Å²) >= 11 is 0. The number of nitrogens with zero attached hydrogens (tertiary/aromatic N) is 2. The summed E-state index contributed by atoms with van der Waals surface area (Å²) in [5.74, 6) is -0.173. The van der Waals surface area contributed by atoms with Crippen LogP contribution in [0.25, 0.3) is 0 Å². The Balaban J connectivity index is 2.06. The van der Waals surface area contributed by atoms with Gasteiger partial charge in [0, 0.05) is 30.2 Å². The molecule has 0 spiro atoms. The van der Waals surface area contributed by atoms with Crippen LogP contribution < -0.4 is 10.9 Å². The van der Waals surface area contributed by atoms with Crippen molar-refractivity contribution in [3.8, 4) is 0 Å². The zero-order chi connectivity index (χ0) is 14.7. The molecule has 2 rings (SSSR count). The van der Waals surface area contributed by atoms with E-state index in [0.29, 0.717) is 5.56 Å². The van der Waals surface area contributed by atoms with Crippen LogP contribution in [0.4, 0.5) is 0 Å². The summed E-state index contributed by atoms with van der Waals surface area (Å²) in [7, 11) is 0. The summed E-state index contributed by atoms with van der Waals surface area (Å²) in [6, 6.07) is 3.24. The molecule has 6 nitrogen and oxygen atoms in total. The van der Waals surface area contributed by atoms with E-state index < -0.39 is 6.04 Å². The van der Waals surface area contributed by atoms with Crippen molar-refractivity contribution >= 4 is 5.91 Å². The number of aromatic nitrogens is 3. The monoisotopic (exact) mass is 274 g/mol. The number of rotatable bonds is 4. The number of amides is 1. The van der Waals surface area contributed by atoms with Gasteiger partial charge in [-0.05, 0) is 38.5 Å². The topological polar surface area (TPSA) is 79.8 Å². The van der Waals surface area contributed by atoms with E-state index in [1.807, 2.05) is 19.9 Å². The second-order valence-electron chi connectivity index (χ2n) is 4.82. The number of hydrogen-bond acceptors (Lipinski definition) is 3. The molecular weight excluding hydrogens is 256 g/mol. The molecule has 0 saturated carbocycles. The first kappa shape index (κ1) is 14.0. The van der Waals surface area contributed by atoms with Gasteiger partial charge in [-0.3, -0.25) is 14.3 Å². The number of hydrogen-bond donors (Lipinski definition) is 2. The van der Waals surface area contributed by atoms with Gasteiger partial charge >= 0.3 is 0 Å². The van der Waals surface area contributed by atoms with Gasteiger partial charge in [0.25, 0.3) is 5.56 Å². The van der Waals surface area contributed by atoms with Gasteiger partial charge in [-0.1, -0.05) is 0 Å². The third kappa shape index (κ3) is 2.96. The Hall–Kier alpha value is -2.37. The van der Waals surface area contributed by atoms with Crippen molar-refractivity contribution in [3.63, 3.8) is 0 Å².